The maximum Gasteiger partial charge on any atom is 0.289 e. The van der Waals surface area contributed by atoms with Crippen LogP contribution in [0.25, 0.3) is 0 Å². The number of carbonyl (C=O) groups excluding carboxylic acids is 3. The predicted molar refractivity (Wildman–Crippen MR) is 123 cm³/mol. The van der Waals surface area contributed by atoms with Crippen LogP contribution in [0.1, 0.15) is 27.1 Å². The van der Waals surface area contributed by atoms with Crippen LogP contribution in [0.15, 0.2) is 83.8 Å². The third-order valence-electron chi connectivity index (χ3n) is 5.38. The third kappa shape index (κ3) is 4.78. The number of rotatable bonds is 8. The smallest absolute Gasteiger partial charge is 0.289 e. The van der Waals surface area contributed by atoms with Crippen molar-refractivity contribution in [2.75, 3.05) is 6.54 Å². The van der Waals surface area contributed by atoms with Crippen LogP contribution in [0.5, 0.6) is 11.5 Å². The van der Waals surface area contributed by atoms with Crippen molar-refractivity contribution in [3.63, 3.8) is 0 Å². The second kappa shape index (κ2) is 9.66. The molecule has 1 aliphatic heterocycles. The molecule has 4 rings (SSSR count). The highest BCUT2D eigenvalue weighted by molar-refractivity contribution is 7.89. The van der Waals surface area contributed by atoms with Gasteiger partial charge in [0.25, 0.3) is 27.7 Å². The number of nitrogens with two attached hydrogens (primary N) is 1. The van der Waals surface area contributed by atoms with Crippen molar-refractivity contribution in [2.45, 2.75) is 17.4 Å². The van der Waals surface area contributed by atoms with E-state index in [0.29, 0.717) is 11.5 Å². The Morgan fingerprint density at radius 1 is 0.886 bits per heavy atom. The molecule has 0 saturated carbocycles. The number of para-hydroxylation sites is 1. The highest BCUT2D eigenvalue weighted by Crippen LogP contribution is 2.25. The fourth-order valence-corrected chi connectivity index (χ4v) is 4.55. The summed E-state index contributed by atoms with van der Waals surface area (Å²) >= 11 is 0. The molecule has 3 N–H and O–H groups in total. The Kier molecular flexibility index (Phi) is 6.65. The van der Waals surface area contributed by atoms with Crippen molar-refractivity contribution in [3.8, 4) is 11.5 Å². The maximum absolute atomic E-state index is 12.7. The zero-order chi connectivity index (χ0) is 25.2. The molecule has 0 bridgehead atoms. The summed E-state index contributed by atoms with van der Waals surface area (Å²) in [4.78, 5) is 37.9. The molecule has 1 unspecified atom stereocenters. The van der Waals surface area contributed by atoms with Gasteiger partial charge in [0, 0.05) is 6.54 Å². The average Bonchev–Trinajstić information content (AvgIpc) is 3.12. The van der Waals surface area contributed by atoms with Crippen LogP contribution in [-0.2, 0) is 14.8 Å². The summed E-state index contributed by atoms with van der Waals surface area (Å²) in [7, 11) is -4.62. The summed E-state index contributed by atoms with van der Waals surface area (Å²) in [6.07, 6.45) is -0.249. The average molecular weight is 496 g/mol. The van der Waals surface area contributed by atoms with E-state index in [-0.39, 0.29) is 29.0 Å². The quantitative estimate of drug-likeness (QED) is 0.275. The molecule has 0 saturated heterocycles. The molecule has 180 valence electrons. The Labute approximate surface area is 201 Å². The van der Waals surface area contributed by atoms with Crippen LogP contribution in [0.3, 0.4) is 0 Å². The number of sulfonamides is 1. The summed E-state index contributed by atoms with van der Waals surface area (Å²) in [5.74, 6) is -1.46. The summed E-state index contributed by atoms with van der Waals surface area (Å²) in [6.45, 7) is -0.224. The van der Waals surface area contributed by atoms with Crippen LogP contribution >= 0.6 is 0 Å². The molecular weight excluding hydrogens is 474 g/mol. The summed E-state index contributed by atoms with van der Waals surface area (Å²) in [5, 5.41) is 10.1. The highest BCUT2D eigenvalue weighted by Gasteiger charge is 2.37. The molecule has 11 heteroatoms. The Morgan fingerprint density at radius 3 is 1.97 bits per heavy atom. The lowest BCUT2D eigenvalue weighted by molar-refractivity contribution is -0.147. The van der Waals surface area contributed by atoms with Crippen LogP contribution in [0, 0.1) is 0 Å². The van der Waals surface area contributed by atoms with Gasteiger partial charge in [-0.05, 0) is 55.0 Å². The first kappa shape index (κ1) is 24.1. The maximum atomic E-state index is 12.7. The Balaban J connectivity index is 1.39. The van der Waals surface area contributed by atoms with Crippen molar-refractivity contribution in [1.82, 2.24) is 9.37 Å². The van der Waals surface area contributed by atoms with Gasteiger partial charge in [0.05, 0.1) is 22.1 Å². The van der Waals surface area contributed by atoms with Crippen molar-refractivity contribution in [1.29, 1.82) is 0 Å². The van der Waals surface area contributed by atoms with E-state index in [2.05, 4.69) is 0 Å². The number of hydroxylamine groups is 1. The summed E-state index contributed by atoms with van der Waals surface area (Å²) in [6, 6.07) is 18.7. The number of nitrogens with zero attached hydrogens (tertiary/aromatic N) is 2. The van der Waals surface area contributed by atoms with Crippen LogP contribution in [-0.4, -0.2) is 53.3 Å². The fraction of sp³-hybridized carbons (Fsp3) is 0.125. The molecule has 0 fully saturated rings. The monoisotopic (exact) mass is 495 g/mol. The zero-order valence-corrected chi connectivity index (χ0v) is 19.1. The molecule has 0 aliphatic carbocycles. The van der Waals surface area contributed by atoms with E-state index in [1.54, 1.807) is 36.4 Å². The number of ether oxygens (including phenoxy) is 1. The van der Waals surface area contributed by atoms with Gasteiger partial charge in [-0.15, -0.1) is 4.47 Å². The predicted octanol–water partition coefficient (Wildman–Crippen LogP) is 2.40. The van der Waals surface area contributed by atoms with Crippen LogP contribution in [0.2, 0.25) is 0 Å². The number of amides is 3. The Hall–Kier alpha value is -4.06. The van der Waals surface area contributed by atoms with E-state index in [1.165, 1.54) is 36.4 Å². The fourth-order valence-electron chi connectivity index (χ4n) is 3.50. The molecule has 3 aromatic rings. The molecule has 3 amide bonds. The molecule has 35 heavy (non-hydrogen) atoms. The van der Waals surface area contributed by atoms with Crippen molar-refractivity contribution in [3.05, 3.63) is 90.0 Å². The lowest BCUT2D eigenvalue weighted by atomic mass is 10.1. The van der Waals surface area contributed by atoms with Gasteiger partial charge >= 0.3 is 0 Å². The van der Waals surface area contributed by atoms with E-state index < -0.39 is 38.3 Å². The highest BCUT2D eigenvalue weighted by atomic mass is 32.2. The number of imide groups is 1. The van der Waals surface area contributed by atoms with Gasteiger partial charge in [-0.2, -0.15) is 8.42 Å². The molecule has 1 aliphatic rings. The molecule has 1 atom stereocenters. The number of hydrogen-bond acceptors (Lipinski definition) is 8. The first-order valence-corrected chi connectivity index (χ1v) is 12.0. The minimum Gasteiger partial charge on any atom is -0.457 e. The van der Waals surface area contributed by atoms with E-state index in [0.717, 1.165) is 4.90 Å². The molecular formula is C24H21N3O7S. The van der Waals surface area contributed by atoms with Gasteiger partial charge in [-0.1, -0.05) is 30.3 Å². The molecule has 0 aromatic heterocycles. The van der Waals surface area contributed by atoms with E-state index in [4.69, 9.17) is 10.5 Å². The minimum absolute atomic E-state index is 0.224. The summed E-state index contributed by atoms with van der Waals surface area (Å²) in [5.41, 5.74) is 6.27. The van der Waals surface area contributed by atoms with Gasteiger partial charge in [-0.25, -0.2) is 0 Å². The number of benzene rings is 3. The molecule has 0 radical (unpaired) electrons. The van der Waals surface area contributed by atoms with Gasteiger partial charge in [0.2, 0.25) is 0 Å². The normalized spacial score (nSPS) is 13.9. The molecule has 0 spiro atoms. The number of hydrogen-bond donors (Lipinski definition) is 2. The topological polar surface area (TPSA) is 147 Å². The Bertz CT molecular complexity index is 1340. The number of fused-ring (bicyclic) bond motifs is 1. The van der Waals surface area contributed by atoms with Gasteiger partial charge in [0.1, 0.15) is 11.5 Å². The van der Waals surface area contributed by atoms with Gasteiger partial charge in [-0.3, -0.25) is 24.5 Å². The van der Waals surface area contributed by atoms with E-state index >= 15 is 0 Å². The second-order valence-electron chi connectivity index (χ2n) is 7.68. The van der Waals surface area contributed by atoms with Gasteiger partial charge in [0.15, 0.2) is 0 Å². The van der Waals surface area contributed by atoms with Crippen molar-refractivity contribution in [2.24, 2.45) is 5.73 Å². The SMILES string of the molecule is NC(CCN1C(=O)c2ccccc2C1=O)C(=O)N(O)S(=O)(=O)c1ccc(Oc2ccccc2)cc1. The third-order valence-corrected chi connectivity index (χ3v) is 6.88. The largest absolute Gasteiger partial charge is 0.457 e. The van der Waals surface area contributed by atoms with Crippen LogP contribution < -0.4 is 10.5 Å². The molecule has 1 heterocycles. The standard InChI is InChI=1S/C24H21N3O7S/c25-21(14-15-26-22(28)19-8-4-5-9-20(19)23(26)29)24(30)27(31)35(32,33)18-12-10-17(11-13-18)34-16-6-2-1-3-7-16/h1-13,21,31H,14-15,25H2. The number of carbonyl (C=O) groups is 3. The van der Waals surface area contributed by atoms with Crippen LogP contribution in [0.4, 0.5) is 0 Å². The van der Waals surface area contributed by atoms with Crippen molar-refractivity contribution >= 4 is 27.7 Å². The lowest BCUT2D eigenvalue weighted by Gasteiger charge is -2.21. The Morgan fingerprint density at radius 2 is 1.40 bits per heavy atom. The minimum atomic E-state index is -4.62. The second-order valence-corrected chi connectivity index (χ2v) is 9.44. The van der Waals surface area contributed by atoms with E-state index in [1.807, 2.05) is 6.07 Å². The van der Waals surface area contributed by atoms with E-state index in [9.17, 15) is 28.0 Å². The lowest BCUT2D eigenvalue weighted by Crippen LogP contribution is -2.46. The molecule has 3 aromatic carbocycles. The first-order chi connectivity index (χ1) is 16.7. The van der Waals surface area contributed by atoms with Crippen molar-refractivity contribution < 1.29 is 32.7 Å². The molecule has 10 nitrogen and oxygen atoms in total. The first-order valence-electron chi connectivity index (χ1n) is 10.5. The van der Waals surface area contributed by atoms with Gasteiger partial charge < -0.3 is 10.5 Å². The summed E-state index contributed by atoms with van der Waals surface area (Å²) < 4.78 is 30.6. The zero-order valence-electron chi connectivity index (χ0n) is 18.3.